The van der Waals surface area contributed by atoms with Gasteiger partial charge in [0.05, 0.1) is 12.2 Å². The summed E-state index contributed by atoms with van der Waals surface area (Å²) >= 11 is 2.15. The van der Waals surface area contributed by atoms with Gasteiger partial charge in [0.2, 0.25) is 0 Å². The third kappa shape index (κ3) is 6.44. The van der Waals surface area contributed by atoms with Crippen molar-refractivity contribution in [3.63, 3.8) is 0 Å². The van der Waals surface area contributed by atoms with Crippen LogP contribution in [0.3, 0.4) is 0 Å². The van der Waals surface area contributed by atoms with Crippen molar-refractivity contribution in [2.24, 2.45) is 5.92 Å². The standard InChI is InChI=1S/C20H34O3S/c1-2-3-4-7-10-15-24-20-16(17-13-14-18(20)23-17)11-8-5-6-9-12-19(21)22/h5,8,16-18,20H,2-4,6-7,9-15H2,1H3,(H,21,22)/t16-,17+,18-,20-/m0/s1. The molecule has 2 aliphatic rings. The molecule has 0 aliphatic carbocycles. The molecule has 0 saturated carbocycles. The molecule has 2 fully saturated rings. The van der Waals surface area contributed by atoms with Crippen molar-refractivity contribution in [1.82, 2.24) is 0 Å². The molecule has 2 heterocycles. The van der Waals surface area contributed by atoms with Crippen LogP contribution in [-0.4, -0.2) is 34.3 Å². The lowest BCUT2D eigenvalue weighted by Gasteiger charge is -2.26. The minimum atomic E-state index is -0.694. The van der Waals surface area contributed by atoms with Crippen LogP contribution in [0.4, 0.5) is 0 Å². The lowest BCUT2D eigenvalue weighted by atomic mass is 9.86. The lowest BCUT2D eigenvalue weighted by Crippen LogP contribution is -2.29. The van der Waals surface area contributed by atoms with E-state index in [1.54, 1.807) is 0 Å². The highest BCUT2D eigenvalue weighted by atomic mass is 32.2. The van der Waals surface area contributed by atoms with E-state index in [4.69, 9.17) is 9.84 Å². The topological polar surface area (TPSA) is 46.5 Å². The van der Waals surface area contributed by atoms with Gasteiger partial charge >= 0.3 is 5.97 Å². The van der Waals surface area contributed by atoms with E-state index in [2.05, 4.69) is 30.8 Å². The number of unbranched alkanes of at least 4 members (excludes halogenated alkanes) is 5. The van der Waals surface area contributed by atoms with Crippen LogP contribution in [0.25, 0.3) is 0 Å². The Morgan fingerprint density at radius 2 is 1.92 bits per heavy atom. The predicted molar refractivity (Wildman–Crippen MR) is 102 cm³/mol. The molecule has 1 N–H and O–H groups in total. The summed E-state index contributed by atoms with van der Waals surface area (Å²) in [6.07, 6.45) is 17.7. The first-order chi connectivity index (χ1) is 11.7. The largest absolute Gasteiger partial charge is 0.481 e. The Hall–Kier alpha value is -0.480. The number of thioether (sulfide) groups is 1. The molecule has 2 rings (SSSR count). The number of aliphatic carboxylic acids is 1. The normalized spacial score (nSPS) is 28.9. The van der Waals surface area contributed by atoms with Crippen LogP contribution in [0.1, 0.15) is 77.6 Å². The van der Waals surface area contributed by atoms with E-state index in [9.17, 15) is 4.79 Å². The highest BCUT2D eigenvalue weighted by Gasteiger charge is 2.48. The Balaban J connectivity index is 1.65. The maximum absolute atomic E-state index is 10.5. The molecule has 0 aromatic rings. The molecule has 0 amide bonds. The van der Waals surface area contributed by atoms with Crippen molar-refractivity contribution in [3.8, 4) is 0 Å². The molecule has 2 saturated heterocycles. The molecule has 2 bridgehead atoms. The van der Waals surface area contributed by atoms with E-state index in [1.165, 1.54) is 50.7 Å². The Labute approximate surface area is 151 Å². The first kappa shape index (κ1) is 19.8. The fourth-order valence-electron chi connectivity index (χ4n) is 3.92. The first-order valence-electron chi connectivity index (χ1n) is 9.86. The maximum atomic E-state index is 10.5. The second-order valence-electron chi connectivity index (χ2n) is 7.20. The molecular weight excluding hydrogens is 320 g/mol. The van der Waals surface area contributed by atoms with Crippen LogP contribution in [0, 0.1) is 5.92 Å². The zero-order valence-corrected chi connectivity index (χ0v) is 15.9. The number of ether oxygens (including phenoxy) is 1. The van der Waals surface area contributed by atoms with Crippen LogP contribution in [0.15, 0.2) is 12.2 Å². The SMILES string of the molecule is CCCCCCCS[C@H]1[C@@H](CC=CCCCC(=O)O)[C@H]2CC[C@@H]1O2. The molecule has 3 nitrogen and oxygen atoms in total. The van der Waals surface area contributed by atoms with Crippen molar-refractivity contribution in [3.05, 3.63) is 12.2 Å². The quantitative estimate of drug-likeness (QED) is 0.353. The number of carboxylic acids is 1. The predicted octanol–water partition coefficient (Wildman–Crippen LogP) is 5.44. The molecule has 138 valence electrons. The number of hydrogen-bond acceptors (Lipinski definition) is 3. The second-order valence-corrected chi connectivity index (χ2v) is 8.48. The van der Waals surface area contributed by atoms with E-state index < -0.39 is 5.97 Å². The number of rotatable bonds is 13. The van der Waals surface area contributed by atoms with Gasteiger partial charge in [-0.1, -0.05) is 44.8 Å². The molecule has 0 aromatic heterocycles. The molecule has 4 atom stereocenters. The molecule has 0 spiro atoms. The van der Waals surface area contributed by atoms with Crippen LogP contribution >= 0.6 is 11.8 Å². The highest BCUT2D eigenvalue weighted by molar-refractivity contribution is 7.99. The van der Waals surface area contributed by atoms with Gasteiger partial charge in [-0.25, -0.2) is 0 Å². The van der Waals surface area contributed by atoms with Gasteiger partial charge in [-0.05, 0) is 44.3 Å². The van der Waals surface area contributed by atoms with Gasteiger partial charge in [0, 0.05) is 17.6 Å². The summed E-state index contributed by atoms with van der Waals surface area (Å²) in [4.78, 5) is 10.5. The van der Waals surface area contributed by atoms with E-state index in [0.717, 1.165) is 19.3 Å². The number of allylic oxidation sites excluding steroid dienone is 2. The van der Waals surface area contributed by atoms with Crippen molar-refractivity contribution in [2.45, 2.75) is 95.0 Å². The zero-order valence-electron chi connectivity index (χ0n) is 15.1. The Morgan fingerprint density at radius 3 is 2.71 bits per heavy atom. The Kier molecular flexibility index (Phi) is 9.26. The minimum Gasteiger partial charge on any atom is -0.481 e. The summed E-state index contributed by atoms with van der Waals surface area (Å²) in [6.45, 7) is 2.27. The van der Waals surface area contributed by atoms with Crippen molar-refractivity contribution in [2.75, 3.05) is 5.75 Å². The van der Waals surface area contributed by atoms with Crippen LogP contribution in [0.5, 0.6) is 0 Å². The first-order valence-corrected chi connectivity index (χ1v) is 10.9. The third-order valence-electron chi connectivity index (χ3n) is 5.25. The van der Waals surface area contributed by atoms with Gasteiger partial charge in [0.25, 0.3) is 0 Å². The fourth-order valence-corrected chi connectivity index (χ4v) is 5.51. The van der Waals surface area contributed by atoms with Crippen molar-refractivity contribution >= 4 is 17.7 Å². The average molecular weight is 355 g/mol. The Bertz CT molecular complexity index is 396. The van der Waals surface area contributed by atoms with Crippen LogP contribution < -0.4 is 0 Å². The summed E-state index contributed by atoms with van der Waals surface area (Å²) < 4.78 is 6.17. The summed E-state index contributed by atoms with van der Waals surface area (Å²) in [5, 5.41) is 9.34. The van der Waals surface area contributed by atoms with E-state index in [1.807, 2.05) is 0 Å². The van der Waals surface area contributed by atoms with E-state index in [-0.39, 0.29) is 6.42 Å². The van der Waals surface area contributed by atoms with Gasteiger partial charge in [-0.2, -0.15) is 11.8 Å². The van der Waals surface area contributed by atoms with Gasteiger partial charge in [0.1, 0.15) is 0 Å². The molecule has 0 radical (unpaired) electrons. The lowest BCUT2D eigenvalue weighted by molar-refractivity contribution is -0.137. The summed E-state index contributed by atoms with van der Waals surface area (Å²) in [7, 11) is 0. The number of hydrogen-bond donors (Lipinski definition) is 1. The number of fused-ring (bicyclic) bond motifs is 2. The molecule has 2 aliphatic heterocycles. The fraction of sp³-hybridized carbons (Fsp3) is 0.850. The monoisotopic (exact) mass is 354 g/mol. The Morgan fingerprint density at radius 1 is 1.12 bits per heavy atom. The minimum absolute atomic E-state index is 0.276. The van der Waals surface area contributed by atoms with Crippen LogP contribution in [0.2, 0.25) is 0 Å². The molecule has 0 aromatic carbocycles. The second kappa shape index (κ2) is 11.2. The van der Waals surface area contributed by atoms with Crippen LogP contribution in [-0.2, 0) is 9.53 Å². The van der Waals surface area contributed by atoms with Gasteiger partial charge < -0.3 is 9.84 Å². The maximum Gasteiger partial charge on any atom is 0.303 e. The summed E-state index contributed by atoms with van der Waals surface area (Å²) in [5.41, 5.74) is 0. The van der Waals surface area contributed by atoms with E-state index >= 15 is 0 Å². The molecular formula is C20H34O3S. The van der Waals surface area contributed by atoms with Gasteiger partial charge in [0.15, 0.2) is 0 Å². The summed E-state index contributed by atoms with van der Waals surface area (Å²) in [6, 6.07) is 0. The average Bonchev–Trinajstić information content (AvgIpc) is 3.15. The third-order valence-corrected chi connectivity index (χ3v) is 6.81. The van der Waals surface area contributed by atoms with Gasteiger partial charge in [-0.15, -0.1) is 0 Å². The van der Waals surface area contributed by atoms with Crippen molar-refractivity contribution < 1.29 is 14.6 Å². The number of carbonyl (C=O) groups is 1. The van der Waals surface area contributed by atoms with Gasteiger partial charge in [-0.3, -0.25) is 4.79 Å². The molecule has 24 heavy (non-hydrogen) atoms. The number of carboxylic acid groups (broad SMARTS) is 1. The summed E-state index contributed by atoms with van der Waals surface area (Å²) in [5.74, 6) is 1.25. The highest BCUT2D eigenvalue weighted by Crippen LogP contribution is 2.46. The zero-order chi connectivity index (χ0) is 17.2. The smallest absolute Gasteiger partial charge is 0.303 e. The molecule has 4 heteroatoms. The van der Waals surface area contributed by atoms with E-state index in [0.29, 0.717) is 23.4 Å². The van der Waals surface area contributed by atoms with Crippen molar-refractivity contribution in [1.29, 1.82) is 0 Å². The molecule has 0 unspecified atom stereocenters.